The van der Waals surface area contributed by atoms with Gasteiger partial charge in [0.2, 0.25) is 0 Å². The van der Waals surface area contributed by atoms with E-state index in [1.807, 2.05) is 25.4 Å². The quantitative estimate of drug-likeness (QED) is 0.834. The molecule has 1 aromatic heterocycles. The SMILES string of the molecule is Cn1cccc1CNCc1cccc(F)c1. The van der Waals surface area contributed by atoms with E-state index in [9.17, 15) is 4.39 Å². The normalized spacial score (nSPS) is 10.6. The fraction of sp³-hybridized carbons (Fsp3) is 0.231. The number of halogens is 1. The maximum atomic E-state index is 12.9. The van der Waals surface area contributed by atoms with Gasteiger partial charge in [0, 0.05) is 32.0 Å². The largest absolute Gasteiger partial charge is 0.353 e. The van der Waals surface area contributed by atoms with E-state index in [1.54, 1.807) is 12.1 Å². The summed E-state index contributed by atoms with van der Waals surface area (Å²) in [6.07, 6.45) is 2.01. The summed E-state index contributed by atoms with van der Waals surface area (Å²) < 4.78 is 15.0. The average molecular weight is 218 g/mol. The lowest BCUT2D eigenvalue weighted by atomic mass is 10.2. The first kappa shape index (κ1) is 10.9. The van der Waals surface area contributed by atoms with Crippen molar-refractivity contribution in [2.45, 2.75) is 13.1 Å². The number of aromatic nitrogens is 1. The molecule has 3 heteroatoms. The lowest BCUT2D eigenvalue weighted by Crippen LogP contribution is -2.14. The van der Waals surface area contributed by atoms with Crippen LogP contribution in [0.5, 0.6) is 0 Å². The van der Waals surface area contributed by atoms with E-state index in [2.05, 4.69) is 16.0 Å². The molecule has 0 amide bonds. The zero-order chi connectivity index (χ0) is 11.4. The van der Waals surface area contributed by atoms with Gasteiger partial charge in [-0.05, 0) is 29.8 Å². The summed E-state index contributed by atoms with van der Waals surface area (Å²) in [6, 6.07) is 10.7. The highest BCUT2D eigenvalue weighted by Crippen LogP contribution is 2.04. The Morgan fingerprint density at radius 1 is 1.19 bits per heavy atom. The summed E-state index contributed by atoms with van der Waals surface area (Å²) in [6.45, 7) is 1.48. The van der Waals surface area contributed by atoms with Crippen molar-refractivity contribution in [3.8, 4) is 0 Å². The molecule has 1 aromatic carbocycles. The first-order valence-electron chi connectivity index (χ1n) is 5.31. The molecule has 0 aliphatic heterocycles. The van der Waals surface area contributed by atoms with Crippen molar-refractivity contribution in [1.29, 1.82) is 0 Å². The van der Waals surface area contributed by atoms with E-state index in [1.165, 1.54) is 11.8 Å². The van der Waals surface area contributed by atoms with Crippen molar-refractivity contribution >= 4 is 0 Å². The fourth-order valence-corrected chi connectivity index (χ4v) is 1.66. The smallest absolute Gasteiger partial charge is 0.123 e. The van der Waals surface area contributed by atoms with Gasteiger partial charge < -0.3 is 9.88 Å². The molecule has 0 fully saturated rings. The fourth-order valence-electron chi connectivity index (χ4n) is 1.66. The molecule has 1 N–H and O–H groups in total. The third-order valence-corrected chi connectivity index (χ3v) is 2.58. The Morgan fingerprint density at radius 3 is 2.75 bits per heavy atom. The molecule has 0 atom stereocenters. The van der Waals surface area contributed by atoms with E-state index in [4.69, 9.17) is 0 Å². The Balaban J connectivity index is 1.87. The van der Waals surface area contributed by atoms with Crippen LogP contribution in [0.2, 0.25) is 0 Å². The molecular formula is C13H15FN2. The Morgan fingerprint density at radius 2 is 2.06 bits per heavy atom. The molecule has 16 heavy (non-hydrogen) atoms. The molecule has 2 rings (SSSR count). The van der Waals surface area contributed by atoms with Gasteiger partial charge >= 0.3 is 0 Å². The van der Waals surface area contributed by atoms with E-state index in [-0.39, 0.29) is 5.82 Å². The Labute approximate surface area is 94.7 Å². The molecule has 0 bridgehead atoms. The monoisotopic (exact) mass is 218 g/mol. The van der Waals surface area contributed by atoms with Gasteiger partial charge in [0.05, 0.1) is 0 Å². The standard InChI is InChI=1S/C13H15FN2/c1-16-7-3-6-13(16)10-15-9-11-4-2-5-12(14)8-11/h2-8,15H,9-10H2,1H3. The summed E-state index contributed by atoms with van der Waals surface area (Å²) in [5.74, 6) is -0.182. The molecule has 1 heterocycles. The second kappa shape index (κ2) is 4.94. The summed E-state index contributed by atoms with van der Waals surface area (Å²) in [5, 5.41) is 3.28. The van der Waals surface area contributed by atoms with Crippen LogP contribution in [0.1, 0.15) is 11.3 Å². The van der Waals surface area contributed by atoms with Gasteiger partial charge in [-0.1, -0.05) is 12.1 Å². The van der Waals surface area contributed by atoms with Gasteiger partial charge in [-0.25, -0.2) is 4.39 Å². The Bertz CT molecular complexity index is 462. The van der Waals surface area contributed by atoms with Gasteiger partial charge in [-0.3, -0.25) is 0 Å². The molecular weight excluding hydrogens is 203 g/mol. The van der Waals surface area contributed by atoms with Crippen LogP contribution in [0.3, 0.4) is 0 Å². The number of hydrogen-bond donors (Lipinski definition) is 1. The predicted molar refractivity (Wildman–Crippen MR) is 62.4 cm³/mol. The number of benzene rings is 1. The lowest BCUT2D eigenvalue weighted by Gasteiger charge is -2.06. The minimum absolute atomic E-state index is 0.182. The first-order chi connectivity index (χ1) is 7.75. The van der Waals surface area contributed by atoms with Crippen molar-refractivity contribution in [2.24, 2.45) is 7.05 Å². The number of aryl methyl sites for hydroxylation is 1. The van der Waals surface area contributed by atoms with Gasteiger partial charge in [-0.15, -0.1) is 0 Å². The molecule has 2 nitrogen and oxygen atoms in total. The van der Waals surface area contributed by atoms with Gasteiger partial charge in [-0.2, -0.15) is 0 Å². The molecule has 84 valence electrons. The van der Waals surface area contributed by atoms with E-state index in [0.717, 1.165) is 12.1 Å². The van der Waals surface area contributed by atoms with Crippen LogP contribution in [0.25, 0.3) is 0 Å². The zero-order valence-electron chi connectivity index (χ0n) is 9.28. The number of hydrogen-bond acceptors (Lipinski definition) is 1. The second-order valence-electron chi connectivity index (χ2n) is 3.84. The zero-order valence-corrected chi connectivity index (χ0v) is 9.28. The summed E-state index contributed by atoms with van der Waals surface area (Å²) in [5.41, 5.74) is 2.19. The summed E-state index contributed by atoms with van der Waals surface area (Å²) in [4.78, 5) is 0. The highest BCUT2D eigenvalue weighted by Gasteiger charge is 1.97. The molecule has 2 aromatic rings. The molecule has 0 saturated carbocycles. The Kier molecular flexibility index (Phi) is 3.37. The van der Waals surface area contributed by atoms with Crippen LogP contribution in [0, 0.1) is 5.82 Å². The summed E-state index contributed by atoms with van der Waals surface area (Å²) in [7, 11) is 2.01. The molecule has 0 spiro atoms. The topological polar surface area (TPSA) is 17.0 Å². The molecule has 0 aliphatic carbocycles. The van der Waals surface area contributed by atoms with Crippen molar-refractivity contribution in [3.05, 3.63) is 59.7 Å². The van der Waals surface area contributed by atoms with Crippen molar-refractivity contribution in [3.63, 3.8) is 0 Å². The lowest BCUT2D eigenvalue weighted by molar-refractivity contribution is 0.616. The Hall–Kier alpha value is -1.61. The summed E-state index contributed by atoms with van der Waals surface area (Å²) >= 11 is 0. The van der Waals surface area contributed by atoms with Crippen LogP contribution < -0.4 is 5.32 Å². The van der Waals surface area contributed by atoms with Crippen LogP contribution in [-0.4, -0.2) is 4.57 Å². The van der Waals surface area contributed by atoms with Gasteiger partial charge in [0.1, 0.15) is 5.82 Å². The van der Waals surface area contributed by atoms with E-state index in [0.29, 0.717) is 6.54 Å². The van der Waals surface area contributed by atoms with E-state index < -0.39 is 0 Å². The molecule has 0 radical (unpaired) electrons. The minimum Gasteiger partial charge on any atom is -0.353 e. The predicted octanol–water partition coefficient (Wildman–Crippen LogP) is 2.45. The average Bonchev–Trinajstić information content (AvgIpc) is 2.65. The van der Waals surface area contributed by atoms with Crippen LogP contribution >= 0.6 is 0 Å². The highest BCUT2D eigenvalue weighted by atomic mass is 19.1. The third-order valence-electron chi connectivity index (χ3n) is 2.58. The number of rotatable bonds is 4. The minimum atomic E-state index is -0.182. The van der Waals surface area contributed by atoms with Crippen LogP contribution in [-0.2, 0) is 20.1 Å². The molecule has 0 saturated heterocycles. The van der Waals surface area contributed by atoms with Crippen molar-refractivity contribution in [1.82, 2.24) is 9.88 Å². The molecule has 0 unspecified atom stereocenters. The maximum Gasteiger partial charge on any atom is 0.123 e. The van der Waals surface area contributed by atoms with Crippen molar-refractivity contribution in [2.75, 3.05) is 0 Å². The highest BCUT2D eigenvalue weighted by molar-refractivity contribution is 5.16. The first-order valence-corrected chi connectivity index (χ1v) is 5.31. The van der Waals surface area contributed by atoms with E-state index >= 15 is 0 Å². The van der Waals surface area contributed by atoms with Gasteiger partial charge in [0.15, 0.2) is 0 Å². The van der Waals surface area contributed by atoms with Crippen molar-refractivity contribution < 1.29 is 4.39 Å². The van der Waals surface area contributed by atoms with Crippen LogP contribution in [0.4, 0.5) is 4.39 Å². The molecule has 0 aliphatic rings. The number of nitrogens with one attached hydrogen (secondary N) is 1. The van der Waals surface area contributed by atoms with Crippen LogP contribution in [0.15, 0.2) is 42.6 Å². The van der Waals surface area contributed by atoms with Gasteiger partial charge in [0.25, 0.3) is 0 Å². The third kappa shape index (κ3) is 2.70. The second-order valence-corrected chi connectivity index (χ2v) is 3.84. The maximum absolute atomic E-state index is 12.9. The number of nitrogens with zero attached hydrogens (tertiary/aromatic N) is 1.